The number of H-pyrrole nitrogens is 1. The predicted octanol–water partition coefficient (Wildman–Crippen LogP) is 5.10. The van der Waals surface area contributed by atoms with Crippen molar-refractivity contribution in [1.82, 2.24) is 20.1 Å². The lowest BCUT2D eigenvalue weighted by atomic mass is 10.0. The topological polar surface area (TPSA) is 44.8 Å². The molecule has 3 heterocycles. The van der Waals surface area contributed by atoms with Gasteiger partial charge < -0.3 is 0 Å². The fourth-order valence-corrected chi connectivity index (χ4v) is 4.21. The fourth-order valence-electron chi connectivity index (χ4n) is 4.21. The minimum atomic E-state index is -0.220. The third-order valence-electron chi connectivity index (χ3n) is 5.57. The Bertz CT molecular complexity index is 1100. The normalized spacial score (nSPS) is 17.4. The first-order valence-electron chi connectivity index (χ1n) is 9.65. The Labute approximate surface area is 163 Å². The Hall–Kier alpha value is -3.05. The van der Waals surface area contributed by atoms with Crippen LogP contribution in [0.3, 0.4) is 0 Å². The van der Waals surface area contributed by atoms with E-state index in [2.05, 4.69) is 44.3 Å². The highest BCUT2D eigenvalue weighted by Crippen LogP contribution is 2.37. The monoisotopic (exact) mass is 372 g/mol. The zero-order valence-corrected chi connectivity index (χ0v) is 15.5. The second kappa shape index (κ2) is 7.17. The van der Waals surface area contributed by atoms with Crippen LogP contribution in [0.5, 0.6) is 0 Å². The average molecular weight is 372 g/mol. The van der Waals surface area contributed by atoms with E-state index in [0.717, 1.165) is 48.3 Å². The van der Waals surface area contributed by atoms with Gasteiger partial charge in [-0.05, 0) is 60.8 Å². The van der Waals surface area contributed by atoms with Crippen LogP contribution in [-0.2, 0) is 6.54 Å². The summed E-state index contributed by atoms with van der Waals surface area (Å²) < 4.78 is 13.3. The second-order valence-corrected chi connectivity index (χ2v) is 7.36. The quantitative estimate of drug-likeness (QED) is 0.542. The molecule has 2 aromatic heterocycles. The van der Waals surface area contributed by atoms with Crippen molar-refractivity contribution in [1.29, 1.82) is 0 Å². The zero-order chi connectivity index (χ0) is 18.9. The summed E-state index contributed by atoms with van der Waals surface area (Å²) >= 11 is 0. The predicted molar refractivity (Wildman–Crippen MR) is 108 cm³/mol. The molecule has 140 valence electrons. The molecule has 1 unspecified atom stereocenters. The summed E-state index contributed by atoms with van der Waals surface area (Å²) in [6.07, 6.45) is 5.92. The maximum absolute atomic E-state index is 13.3. The maximum Gasteiger partial charge on any atom is 0.123 e. The third kappa shape index (κ3) is 3.18. The molecule has 0 saturated carbocycles. The number of aromatic nitrogens is 3. The Kier molecular flexibility index (Phi) is 4.37. The summed E-state index contributed by atoms with van der Waals surface area (Å²) in [7, 11) is 0. The van der Waals surface area contributed by atoms with Gasteiger partial charge in [-0.25, -0.2) is 4.39 Å². The van der Waals surface area contributed by atoms with Gasteiger partial charge in [-0.15, -0.1) is 0 Å². The number of benzene rings is 2. The Balaban J connectivity index is 1.43. The molecular formula is C23H21FN4. The van der Waals surface area contributed by atoms with Gasteiger partial charge in [0.1, 0.15) is 5.82 Å². The number of fused-ring (bicyclic) bond motifs is 1. The van der Waals surface area contributed by atoms with Gasteiger partial charge in [-0.2, -0.15) is 5.10 Å². The van der Waals surface area contributed by atoms with Gasteiger partial charge in [-0.1, -0.05) is 24.3 Å². The Morgan fingerprint density at radius 2 is 2.00 bits per heavy atom. The molecular weight excluding hydrogens is 351 g/mol. The highest BCUT2D eigenvalue weighted by Gasteiger charge is 2.29. The van der Waals surface area contributed by atoms with Crippen LogP contribution >= 0.6 is 0 Å². The van der Waals surface area contributed by atoms with E-state index in [1.165, 1.54) is 23.1 Å². The molecule has 0 aliphatic carbocycles. The molecule has 1 atom stereocenters. The van der Waals surface area contributed by atoms with E-state index in [-0.39, 0.29) is 11.9 Å². The summed E-state index contributed by atoms with van der Waals surface area (Å²) in [5.74, 6) is -0.220. The molecule has 4 nitrogen and oxygen atoms in total. The van der Waals surface area contributed by atoms with Crippen molar-refractivity contribution in [2.45, 2.75) is 25.4 Å². The van der Waals surface area contributed by atoms with Crippen LogP contribution in [0.15, 0.2) is 67.0 Å². The molecule has 5 heteroatoms. The number of halogens is 1. The number of hydrogen-bond acceptors (Lipinski definition) is 3. The van der Waals surface area contributed by atoms with Crippen molar-refractivity contribution in [3.63, 3.8) is 0 Å². The van der Waals surface area contributed by atoms with Crippen LogP contribution in [0.2, 0.25) is 0 Å². The minimum Gasteiger partial charge on any atom is -0.291 e. The van der Waals surface area contributed by atoms with Gasteiger partial charge >= 0.3 is 0 Å². The van der Waals surface area contributed by atoms with E-state index >= 15 is 0 Å². The molecule has 5 rings (SSSR count). The number of likely N-dealkylation sites (tertiary alicyclic amines) is 1. The smallest absolute Gasteiger partial charge is 0.123 e. The highest BCUT2D eigenvalue weighted by atomic mass is 19.1. The number of rotatable bonds is 4. The van der Waals surface area contributed by atoms with Crippen LogP contribution < -0.4 is 0 Å². The largest absolute Gasteiger partial charge is 0.291 e. The fraction of sp³-hybridized carbons (Fsp3) is 0.217. The summed E-state index contributed by atoms with van der Waals surface area (Å²) in [6.45, 7) is 1.94. The third-order valence-corrected chi connectivity index (χ3v) is 5.57. The number of hydrogen-bond donors (Lipinski definition) is 1. The molecule has 1 aliphatic rings. The van der Waals surface area contributed by atoms with E-state index in [1.54, 1.807) is 0 Å². The maximum atomic E-state index is 13.3. The molecule has 0 spiro atoms. The molecule has 1 fully saturated rings. The van der Waals surface area contributed by atoms with Gasteiger partial charge in [0.25, 0.3) is 0 Å². The van der Waals surface area contributed by atoms with Crippen molar-refractivity contribution >= 4 is 10.9 Å². The van der Waals surface area contributed by atoms with E-state index in [4.69, 9.17) is 0 Å². The average Bonchev–Trinajstić information content (AvgIpc) is 3.37. The summed E-state index contributed by atoms with van der Waals surface area (Å²) in [4.78, 5) is 6.91. The molecule has 0 amide bonds. The molecule has 1 N–H and O–H groups in total. The number of pyridine rings is 1. The first kappa shape index (κ1) is 17.1. The Morgan fingerprint density at radius 1 is 1.11 bits per heavy atom. The van der Waals surface area contributed by atoms with Gasteiger partial charge in [0, 0.05) is 23.7 Å². The van der Waals surface area contributed by atoms with Crippen molar-refractivity contribution in [3.05, 3.63) is 84.1 Å². The van der Waals surface area contributed by atoms with Crippen LogP contribution in [0, 0.1) is 5.82 Å². The van der Waals surface area contributed by atoms with E-state index in [1.807, 2.05) is 30.6 Å². The number of nitrogens with zero attached hydrogens (tertiary/aromatic N) is 3. The zero-order valence-electron chi connectivity index (χ0n) is 15.5. The minimum absolute atomic E-state index is 0.220. The number of aromatic amines is 1. The first-order valence-corrected chi connectivity index (χ1v) is 9.65. The molecule has 2 aromatic carbocycles. The van der Waals surface area contributed by atoms with Gasteiger partial charge in [0.05, 0.1) is 23.4 Å². The molecule has 1 saturated heterocycles. The van der Waals surface area contributed by atoms with Gasteiger partial charge in [-0.3, -0.25) is 15.0 Å². The lowest BCUT2D eigenvalue weighted by Crippen LogP contribution is -2.23. The molecule has 1 aliphatic heterocycles. The van der Waals surface area contributed by atoms with Gasteiger partial charge in [0.15, 0.2) is 0 Å². The van der Waals surface area contributed by atoms with E-state index in [9.17, 15) is 4.39 Å². The SMILES string of the molecule is Fc1ccc(-c2cn[nH]c2C2CCCN2Cc2ccc3ncccc3c2)cc1. The van der Waals surface area contributed by atoms with Crippen LogP contribution in [0.4, 0.5) is 4.39 Å². The van der Waals surface area contributed by atoms with Crippen LogP contribution in [0.25, 0.3) is 22.0 Å². The van der Waals surface area contributed by atoms with Gasteiger partial charge in [0.2, 0.25) is 0 Å². The summed E-state index contributed by atoms with van der Waals surface area (Å²) in [5, 5.41) is 8.68. The van der Waals surface area contributed by atoms with E-state index in [0.29, 0.717) is 0 Å². The molecule has 28 heavy (non-hydrogen) atoms. The highest BCUT2D eigenvalue weighted by molar-refractivity contribution is 5.78. The first-order chi connectivity index (χ1) is 13.8. The number of nitrogens with one attached hydrogen (secondary N) is 1. The molecule has 0 radical (unpaired) electrons. The summed E-state index contributed by atoms with van der Waals surface area (Å²) in [5.41, 5.74) is 5.48. The van der Waals surface area contributed by atoms with E-state index < -0.39 is 0 Å². The second-order valence-electron chi connectivity index (χ2n) is 7.36. The van der Waals surface area contributed by atoms with Crippen molar-refractivity contribution in [2.24, 2.45) is 0 Å². The van der Waals surface area contributed by atoms with Crippen molar-refractivity contribution in [2.75, 3.05) is 6.54 Å². The summed E-state index contributed by atoms with van der Waals surface area (Å²) in [6, 6.07) is 17.5. The van der Waals surface area contributed by atoms with Crippen LogP contribution in [0.1, 0.15) is 30.1 Å². The lowest BCUT2D eigenvalue weighted by Gasteiger charge is -2.24. The standard InChI is InChI=1S/C23H21FN4/c24-19-8-6-17(7-9-19)20-14-26-27-23(20)22-4-2-12-28(22)15-16-5-10-21-18(13-16)3-1-11-25-21/h1,3,5-11,13-14,22H,2,4,12,15H2,(H,26,27). The van der Waals surface area contributed by atoms with Crippen molar-refractivity contribution in [3.8, 4) is 11.1 Å². The lowest BCUT2D eigenvalue weighted by molar-refractivity contribution is 0.245. The molecule has 0 bridgehead atoms. The molecule has 4 aromatic rings. The van der Waals surface area contributed by atoms with Crippen molar-refractivity contribution < 1.29 is 4.39 Å². The van der Waals surface area contributed by atoms with Crippen LogP contribution in [-0.4, -0.2) is 26.6 Å². The Morgan fingerprint density at radius 3 is 2.89 bits per heavy atom.